The Morgan fingerprint density at radius 2 is 2.00 bits per heavy atom. The van der Waals surface area contributed by atoms with Crippen molar-refractivity contribution >= 4 is 10.1 Å². The first-order valence-electron chi connectivity index (χ1n) is 3.49. The molecule has 0 fully saturated rings. The molecule has 0 unspecified atom stereocenters. The predicted molar refractivity (Wildman–Crippen MR) is 41.0 cm³/mol. The van der Waals surface area contributed by atoms with E-state index in [4.69, 9.17) is 0 Å². The van der Waals surface area contributed by atoms with Crippen LogP contribution in [0.15, 0.2) is 15.4 Å². The fraction of sp³-hybridized carbons (Fsp3) is 0.286. The Kier molecular flexibility index (Phi) is 2.83. The van der Waals surface area contributed by atoms with Crippen LogP contribution in [0.1, 0.15) is 11.5 Å². The number of hydrogen-bond acceptors (Lipinski definition) is 4. The second kappa shape index (κ2) is 3.53. The number of halogens is 3. The summed E-state index contributed by atoms with van der Waals surface area (Å²) in [6.07, 6.45) is -4.92. The van der Waals surface area contributed by atoms with Gasteiger partial charge in [-0.15, -0.1) is 0 Å². The Hall–Kier alpha value is -1.02. The van der Waals surface area contributed by atoms with Crippen LogP contribution in [0.25, 0.3) is 0 Å². The predicted octanol–water partition coefficient (Wildman–Crippen LogP) is 1.98. The number of aryl methyl sites for hydroxylation is 1. The first-order chi connectivity index (χ1) is 6.68. The van der Waals surface area contributed by atoms with Gasteiger partial charge in [0.05, 0.1) is 0 Å². The van der Waals surface area contributed by atoms with Crippen LogP contribution in [0.5, 0.6) is 0 Å². The van der Waals surface area contributed by atoms with E-state index in [2.05, 4.69) is 15.7 Å². The van der Waals surface area contributed by atoms with Crippen molar-refractivity contribution < 1.29 is 30.2 Å². The third-order valence-corrected chi connectivity index (χ3v) is 2.57. The van der Waals surface area contributed by atoms with Gasteiger partial charge in [0.2, 0.25) is 5.76 Å². The molecule has 15 heavy (non-hydrogen) atoms. The standard InChI is InChI=1S/C7H5F3O4S/c1-4-3-5(15(11,12)13-2)6(14-4)7(8,9)10/h2-3H,1H3. The molecule has 0 saturated carbocycles. The van der Waals surface area contributed by atoms with E-state index in [9.17, 15) is 21.6 Å². The van der Waals surface area contributed by atoms with Crippen molar-refractivity contribution in [1.82, 2.24) is 0 Å². The molecule has 4 nitrogen and oxygen atoms in total. The maximum atomic E-state index is 12.3. The van der Waals surface area contributed by atoms with E-state index in [-0.39, 0.29) is 5.76 Å². The third-order valence-electron chi connectivity index (χ3n) is 1.47. The van der Waals surface area contributed by atoms with Gasteiger partial charge in [0.15, 0.2) is 0 Å². The largest absolute Gasteiger partial charge is 0.455 e. The van der Waals surface area contributed by atoms with Gasteiger partial charge >= 0.3 is 16.3 Å². The van der Waals surface area contributed by atoms with Crippen LogP contribution >= 0.6 is 0 Å². The first-order valence-corrected chi connectivity index (χ1v) is 4.90. The van der Waals surface area contributed by atoms with Crippen LogP contribution in [0.3, 0.4) is 0 Å². The van der Waals surface area contributed by atoms with E-state index >= 15 is 0 Å². The van der Waals surface area contributed by atoms with E-state index in [0.29, 0.717) is 6.07 Å². The fourth-order valence-corrected chi connectivity index (χ4v) is 1.72. The average molecular weight is 242 g/mol. The molecule has 0 saturated heterocycles. The summed E-state index contributed by atoms with van der Waals surface area (Å²) in [5.74, 6) is -1.86. The van der Waals surface area contributed by atoms with Gasteiger partial charge in [0.25, 0.3) is 0 Å². The second-order valence-electron chi connectivity index (χ2n) is 2.60. The normalized spacial score (nSPS) is 13.1. The van der Waals surface area contributed by atoms with E-state index in [1.165, 1.54) is 6.92 Å². The molecule has 1 aromatic rings. The van der Waals surface area contributed by atoms with Gasteiger partial charge in [0.1, 0.15) is 17.8 Å². The van der Waals surface area contributed by atoms with Gasteiger partial charge in [-0.3, -0.25) is 4.18 Å². The lowest BCUT2D eigenvalue weighted by molar-refractivity contribution is -0.156. The molecule has 0 aliphatic heterocycles. The highest BCUT2D eigenvalue weighted by Gasteiger charge is 2.42. The van der Waals surface area contributed by atoms with Gasteiger partial charge in [0, 0.05) is 6.07 Å². The Bertz CT molecular complexity index is 457. The third kappa shape index (κ3) is 2.32. The van der Waals surface area contributed by atoms with Gasteiger partial charge in [-0.25, -0.2) is 0 Å². The minimum absolute atomic E-state index is 0.210. The molecule has 0 atom stereocenters. The van der Waals surface area contributed by atoms with Crippen molar-refractivity contribution in [2.75, 3.05) is 0 Å². The lowest BCUT2D eigenvalue weighted by Crippen LogP contribution is -2.11. The zero-order valence-electron chi connectivity index (χ0n) is 7.33. The Balaban J connectivity index is 3.44. The summed E-state index contributed by atoms with van der Waals surface area (Å²) in [4.78, 5) is -1.13. The fourth-order valence-electron chi connectivity index (χ4n) is 0.926. The number of rotatable bonds is 2. The summed E-state index contributed by atoms with van der Waals surface area (Å²) in [5.41, 5.74) is 0. The lowest BCUT2D eigenvalue weighted by Gasteiger charge is -2.04. The molecule has 0 N–H and O–H groups in total. The summed E-state index contributed by atoms with van der Waals surface area (Å²) >= 11 is 0. The Morgan fingerprint density at radius 3 is 2.40 bits per heavy atom. The zero-order valence-corrected chi connectivity index (χ0v) is 8.15. The maximum absolute atomic E-state index is 12.3. The van der Waals surface area contributed by atoms with Crippen molar-refractivity contribution in [2.24, 2.45) is 0 Å². The lowest BCUT2D eigenvalue weighted by atomic mass is 10.4. The highest BCUT2D eigenvalue weighted by Crippen LogP contribution is 2.36. The van der Waals surface area contributed by atoms with E-state index < -0.39 is 27.0 Å². The topological polar surface area (TPSA) is 56.5 Å². The molecule has 0 aliphatic rings. The molecule has 0 bridgehead atoms. The van der Waals surface area contributed by atoms with Crippen molar-refractivity contribution in [2.45, 2.75) is 18.0 Å². The Labute approximate surface area is 83.8 Å². The summed E-state index contributed by atoms with van der Waals surface area (Å²) in [6.45, 7) is 1.17. The smallest absolute Gasteiger partial charge is 0.450 e. The van der Waals surface area contributed by atoms with Crippen molar-refractivity contribution in [3.05, 3.63) is 24.7 Å². The minimum Gasteiger partial charge on any atom is -0.455 e. The van der Waals surface area contributed by atoms with Gasteiger partial charge < -0.3 is 4.42 Å². The van der Waals surface area contributed by atoms with Crippen LogP contribution in [0.4, 0.5) is 13.2 Å². The molecule has 1 aromatic heterocycles. The molecule has 0 amide bonds. The molecule has 1 heterocycles. The van der Waals surface area contributed by atoms with Crippen molar-refractivity contribution in [1.29, 1.82) is 0 Å². The molecule has 84 valence electrons. The second-order valence-corrected chi connectivity index (χ2v) is 4.14. The van der Waals surface area contributed by atoms with Gasteiger partial charge in [-0.2, -0.15) is 21.6 Å². The highest BCUT2D eigenvalue weighted by atomic mass is 32.2. The van der Waals surface area contributed by atoms with E-state index in [0.717, 1.165) is 0 Å². The van der Waals surface area contributed by atoms with E-state index in [1.807, 2.05) is 0 Å². The minimum atomic E-state index is -4.92. The SMILES string of the molecule is [CH]OS(=O)(=O)c1cc(C)oc1C(F)(F)F. The number of furan rings is 1. The highest BCUT2D eigenvalue weighted by molar-refractivity contribution is 7.86. The van der Waals surface area contributed by atoms with Crippen LogP contribution in [0.2, 0.25) is 0 Å². The van der Waals surface area contributed by atoms with Crippen molar-refractivity contribution in [3.8, 4) is 0 Å². The number of hydrogen-bond donors (Lipinski definition) is 0. The molecular weight excluding hydrogens is 237 g/mol. The summed E-state index contributed by atoms with van der Waals surface area (Å²) in [7, 11) is -0.264. The molecule has 0 aliphatic carbocycles. The number of alkyl halides is 3. The molecular formula is C7H5F3O4S. The van der Waals surface area contributed by atoms with Crippen molar-refractivity contribution in [3.63, 3.8) is 0 Å². The molecule has 8 heteroatoms. The average Bonchev–Trinajstić information content (AvgIpc) is 2.47. The zero-order chi connectivity index (χ0) is 11.9. The quantitative estimate of drug-likeness (QED) is 0.744. The summed E-state index contributed by atoms with van der Waals surface area (Å²) in [5, 5.41) is 0. The van der Waals surface area contributed by atoms with Crippen LogP contribution < -0.4 is 0 Å². The maximum Gasteiger partial charge on any atom is 0.450 e. The van der Waals surface area contributed by atoms with Crippen LogP contribution in [-0.4, -0.2) is 8.42 Å². The van der Waals surface area contributed by atoms with E-state index in [1.54, 1.807) is 0 Å². The van der Waals surface area contributed by atoms with Gasteiger partial charge in [-0.05, 0) is 6.92 Å². The molecule has 0 spiro atoms. The van der Waals surface area contributed by atoms with Gasteiger partial charge in [-0.1, -0.05) is 0 Å². The molecule has 0 aromatic carbocycles. The van der Waals surface area contributed by atoms with Crippen LogP contribution in [0, 0.1) is 14.0 Å². The molecule has 2 radical (unpaired) electrons. The summed E-state index contributed by atoms with van der Waals surface area (Å²) in [6, 6.07) is 0.686. The Morgan fingerprint density at radius 1 is 1.47 bits per heavy atom. The summed E-state index contributed by atoms with van der Waals surface area (Å²) < 4.78 is 66.5. The molecule has 1 rings (SSSR count). The first kappa shape index (κ1) is 12.1. The monoisotopic (exact) mass is 242 g/mol. The van der Waals surface area contributed by atoms with Crippen LogP contribution in [-0.2, 0) is 20.5 Å².